The molecule has 0 radical (unpaired) electrons. The van der Waals surface area contributed by atoms with Crippen molar-refractivity contribution in [1.29, 1.82) is 0 Å². The van der Waals surface area contributed by atoms with Gasteiger partial charge in [-0.2, -0.15) is 5.10 Å². The predicted octanol–water partition coefficient (Wildman–Crippen LogP) is 2.86. The number of esters is 1. The maximum Gasteiger partial charge on any atom is 0.306 e. The number of benzene rings is 1. The lowest BCUT2D eigenvalue weighted by atomic mass is 10.2. The molecule has 0 saturated heterocycles. The first kappa shape index (κ1) is 18.6. The van der Waals surface area contributed by atoms with Gasteiger partial charge in [0.2, 0.25) is 0 Å². The van der Waals surface area contributed by atoms with Crippen LogP contribution in [0.25, 0.3) is 11.3 Å². The molecule has 0 spiro atoms. The molecule has 0 amide bonds. The highest BCUT2D eigenvalue weighted by molar-refractivity contribution is 5.69. The molecule has 0 aliphatic heterocycles. The van der Waals surface area contributed by atoms with Gasteiger partial charge in [-0.05, 0) is 42.7 Å². The molecule has 7 nitrogen and oxygen atoms in total. The first-order valence-corrected chi connectivity index (χ1v) is 9.32. The molecule has 0 fully saturated rings. The summed E-state index contributed by atoms with van der Waals surface area (Å²) < 4.78 is 8.54. The SMILES string of the molecule is Cc1ccc2nc(COC(=O)CCc3cnn(-c4ccccc4)c3)cc(=O)n2c1. The molecular formula is C22H20N4O3. The van der Waals surface area contributed by atoms with Gasteiger partial charge in [0.1, 0.15) is 12.3 Å². The maximum atomic E-state index is 12.2. The summed E-state index contributed by atoms with van der Waals surface area (Å²) in [6, 6.07) is 14.8. The second-order valence-corrected chi connectivity index (χ2v) is 6.81. The summed E-state index contributed by atoms with van der Waals surface area (Å²) in [5, 5.41) is 4.32. The molecule has 4 aromatic rings. The summed E-state index contributed by atoms with van der Waals surface area (Å²) in [5.41, 5.74) is 3.65. The number of aromatic nitrogens is 4. The van der Waals surface area contributed by atoms with Crippen LogP contribution in [0.2, 0.25) is 0 Å². The van der Waals surface area contributed by atoms with Crippen LogP contribution in [0, 0.1) is 6.92 Å². The Morgan fingerprint density at radius 3 is 2.76 bits per heavy atom. The van der Waals surface area contributed by atoms with E-state index in [0.717, 1.165) is 16.8 Å². The summed E-state index contributed by atoms with van der Waals surface area (Å²) in [5.74, 6) is -0.344. The second-order valence-electron chi connectivity index (χ2n) is 6.81. The van der Waals surface area contributed by atoms with Crippen molar-refractivity contribution in [3.63, 3.8) is 0 Å². The minimum absolute atomic E-state index is 0.0261. The lowest BCUT2D eigenvalue weighted by molar-refractivity contribution is -0.145. The summed E-state index contributed by atoms with van der Waals surface area (Å²) in [7, 11) is 0. The third kappa shape index (κ3) is 4.40. The lowest BCUT2D eigenvalue weighted by Gasteiger charge is -2.06. The number of para-hydroxylation sites is 1. The number of nitrogens with zero attached hydrogens (tertiary/aromatic N) is 4. The molecule has 146 valence electrons. The molecule has 3 heterocycles. The van der Waals surface area contributed by atoms with Gasteiger partial charge in [0.05, 0.1) is 17.6 Å². The van der Waals surface area contributed by atoms with Crippen LogP contribution >= 0.6 is 0 Å². The van der Waals surface area contributed by atoms with Gasteiger partial charge in [-0.15, -0.1) is 0 Å². The zero-order valence-electron chi connectivity index (χ0n) is 16.0. The van der Waals surface area contributed by atoms with Crippen molar-refractivity contribution in [3.8, 4) is 5.69 Å². The van der Waals surface area contributed by atoms with Crippen LogP contribution in [0.1, 0.15) is 23.2 Å². The molecule has 0 aliphatic rings. The van der Waals surface area contributed by atoms with Crippen molar-refractivity contribution in [1.82, 2.24) is 19.2 Å². The number of hydrogen-bond acceptors (Lipinski definition) is 5. The maximum absolute atomic E-state index is 12.2. The molecule has 1 aromatic carbocycles. The Morgan fingerprint density at radius 1 is 1.10 bits per heavy atom. The van der Waals surface area contributed by atoms with Crippen LogP contribution in [0.4, 0.5) is 0 Å². The molecule has 3 aromatic heterocycles. The monoisotopic (exact) mass is 388 g/mol. The fourth-order valence-electron chi connectivity index (χ4n) is 3.02. The highest BCUT2D eigenvalue weighted by atomic mass is 16.5. The fraction of sp³-hybridized carbons (Fsp3) is 0.182. The van der Waals surface area contributed by atoms with E-state index in [2.05, 4.69) is 10.1 Å². The Kier molecular flexibility index (Phi) is 5.20. The van der Waals surface area contributed by atoms with Crippen LogP contribution in [-0.4, -0.2) is 25.1 Å². The van der Waals surface area contributed by atoms with E-state index in [-0.39, 0.29) is 24.6 Å². The van der Waals surface area contributed by atoms with Gasteiger partial charge < -0.3 is 4.74 Å². The molecule has 7 heteroatoms. The minimum atomic E-state index is -0.344. The van der Waals surface area contributed by atoms with E-state index in [9.17, 15) is 9.59 Å². The molecule has 0 unspecified atom stereocenters. The highest BCUT2D eigenvalue weighted by Crippen LogP contribution is 2.10. The van der Waals surface area contributed by atoms with E-state index in [0.29, 0.717) is 17.8 Å². The quantitative estimate of drug-likeness (QED) is 0.475. The van der Waals surface area contributed by atoms with Gasteiger partial charge in [-0.3, -0.25) is 14.0 Å². The van der Waals surface area contributed by atoms with Gasteiger partial charge in [-0.1, -0.05) is 24.3 Å². The lowest BCUT2D eigenvalue weighted by Crippen LogP contribution is -2.17. The van der Waals surface area contributed by atoms with Crippen molar-refractivity contribution in [3.05, 3.63) is 94.3 Å². The third-order valence-electron chi connectivity index (χ3n) is 4.52. The van der Waals surface area contributed by atoms with Crippen LogP contribution < -0.4 is 5.56 Å². The largest absolute Gasteiger partial charge is 0.459 e. The van der Waals surface area contributed by atoms with E-state index in [4.69, 9.17) is 4.74 Å². The standard InChI is InChI=1S/C22H20N4O3/c1-16-7-9-20-24-18(11-21(27)25(20)13-16)15-29-22(28)10-8-17-12-23-26(14-17)19-5-3-2-4-6-19/h2-7,9,11-14H,8,10,15H2,1H3. The number of aryl methyl sites for hydroxylation is 2. The van der Waals surface area contributed by atoms with Gasteiger partial charge in [0, 0.05) is 24.9 Å². The number of rotatable bonds is 6. The average Bonchev–Trinajstić information content (AvgIpc) is 3.21. The van der Waals surface area contributed by atoms with Crippen LogP contribution in [-0.2, 0) is 22.6 Å². The molecule has 0 saturated carbocycles. The van der Waals surface area contributed by atoms with E-state index >= 15 is 0 Å². The summed E-state index contributed by atoms with van der Waals surface area (Å²) in [4.78, 5) is 28.7. The Morgan fingerprint density at radius 2 is 1.93 bits per heavy atom. The van der Waals surface area contributed by atoms with Gasteiger partial charge in [0.15, 0.2) is 0 Å². The molecule has 4 rings (SSSR count). The second kappa shape index (κ2) is 8.10. The number of pyridine rings is 1. The zero-order valence-corrected chi connectivity index (χ0v) is 16.0. The number of fused-ring (bicyclic) bond motifs is 1. The summed E-state index contributed by atoms with van der Waals surface area (Å²) in [6.45, 7) is 1.88. The highest BCUT2D eigenvalue weighted by Gasteiger charge is 2.09. The Hall–Kier alpha value is -3.74. The Labute approximate surface area is 167 Å². The fourth-order valence-corrected chi connectivity index (χ4v) is 3.02. The minimum Gasteiger partial charge on any atom is -0.459 e. The summed E-state index contributed by atoms with van der Waals surface area (Å²) in [6.07, 6.45) is 6.13. The molecule has 0 N–H and O–H groups in total. The van der Waals surface area contributed by atoms with Crippen LogP contribution in [0.5, 0.6) is 0 Å². The van der Waals surface area contributed by atoms with Crippen LogP contribution in [0.3, 0.4) is 0 Å². The van der Waals surface area contributed by atoms with E-state index in [1.54, 1.807) is 23.1 Å². The van der Waals surface area contributed by atoms with Crippen molar-refractivity contribution in [2.75, 3.05) is 0 Å². The van der Waals surface area contributed by atoms with Crippen molar-refractivity contribution >= 4 is 11.6 Å². The molecule has 29 heavy (non-hydrogen) atoms. The van der Waals surface area contributed by atoms with Crippen LogP contribution in [0.15, 0.2) is 71.9 Å². The van der Waals surface area contributed by atoms with E-state index in [1.165, 1.54) is 10.5 Å². The Bertz CT molecular complexity index is 1210. The normalized spacial score (nSPS) is 10.9. The van der Waals surface area contributed by atoms with Crippen molar-refractivity contribution < 1.29 is 9.53 Å². The van der Waals surface area contributed by atoms with Gasteiger partial charge in [0.25, 0.3) is 5.56 Å². The number of carbonyl (C=O) groups excluding carboxylic acids is 1. The number of carbonyl (C=O) groups is 1. The van der Waals surface area contributed by atoms with Gasteiger partial charge >= 0.3 is 5.97 Å². The van der Waals surface area contributed by atoms with E-state index in [1.807, 2.05) is 49.5 Å². The first-order valence-electron chi connectivity index (χ1n) is 9.32. The molecule has 0 atom stereocenters. The topological polar surface area (TPSA) is 78.5 Å². The molecule has 0 bridgehead atoms. The Balaban J connectivity index is 1.34. The predicted molar refractivity (Wildman–Crippen MR) is 108 cm³/mol. The number of hydrogen-bond donors (Lipinski definition) is 0. The number of ether oxygens (including phenoxy) is 1. The first-order chi connectivity index (χ1) is 14.1. The summed E-state index contributed by atoms with van der Waals surface area (Å²) >= 11 is 0. The molecular weight excluding hydrogens is 368 g/mol. The van der Waals surface area contributed by atoms with Gasteiger partial charge in [-0.25, -0.2) is 9.67 Å². The van der Waals surface area contributed by atoms with E-state index < -0.39 is 0 Å². The smallest absolute Gasteiger partial charge is 0.306 e. The van der Waals surface area contributed by atoms with Crippen molar-refractivity contribution in [2.45, 2.75) is 26.4 Å². The average molecular weight is 388 g/mol. The molecule has 0 aliphatic carbocycles. The third-order valence-corrected chi connectivity index (χ3v) is 4.52. The zero-order chi connectivity index (χ0) is 20.2. The van der Waals surface area contributed by atoms with Crippen molar-refractivity contribution in [2.24, 2.45) is 0 Å².